The van der Waals surface area contributed by atoms with Gasteiger partial charge in [-0.25, -0.2) is 4.98 Å². The van der Waals surface area contributed by atoms with Crippen molar-refractivity contribution in [3.05, 3.63) is 29.1 Å². The SMILES string of the molecule is CCCC(C(=O)OCC)c1nc2cc(C)c(C)cc2[nH]1. The number of benzene rings is 1. The molecule has 0 aliphatic heterocycles. The van der Waals surface area contributed by atoms with E-state index in [1.807, 2.05) is 6.92 Å². The third-order valence-electron chi connectivity index (χ3n) is 3.59. The molecule has 0 aliphatic carbocycles. The van der Waals surface area contributed by atoms with Gasteiger partial charge in [0.1, 0.15) is 11.7 Å². The molecule has 0 spiro atoms. The molecule has 0 radical (unpaired) electrons. The maximum Gasteiger partial charge on any atom is 0.316 e. The van der Waals surface area contributed by atoms with E-state index in [0.29, 0.717) is 12.4 Å². The van der Waals surface area contributed by atoms with Crippen LogP contribution in [-0.4, -0.2) is 22.5 Å². The fourth-order valence-electron chi connectivity index (χ4n) is 2.35. The van der Waals surface area contributed by atoms with Gasteiger partial charge in [-0.05, 0) is 50.5 Å². The Morgan fingerprint density at radius 3 is 2.65 bits per heavy atom. The Morgan fingerprint density at radius 1 is 1.30 bits per heavy atom. The Hall–Kier alpha value is -1.84. The molecule has 20 heavy (non-hydrogen) atoms. The zero-order chi connectivity index (χ0) is 14.7. The van der Waals surface area contributed by atoms with Crippen LogP contribution in [0.1, 0.15) is 49.6 Å². The molecule has 1 heterocycles. The molecule has 0 saturated heterocycles. The standard InChI is InChI=1S/C16H22N2O2/c1-5-7-12(16(19)20-6-2)15-17-13-8-10(3)11(4)9-14(13)18-15/h8-9,12H,5-7H2,1-4H3,(H,17,18). The van der Waals surface area contributed by atoms with Gasteiger partial charge in [-0.3, -0.25) is 4.79 Å². The largest absolute Gasteiger partial charge is 0.465 e. The lowest BCUT2D eigenvalue weighted by Crippen LogP contribution is -2.17. The molecule has 1 atom stereocenters. The molecule has 4 nitrogen and oxygen atoms in total. The van der Waals surface area contributed by atoms with Gasteiger partial charge in [0.2, 0.25) is 0 Å². The van der Waals surface area contributed by atoms with Crippen molar-refractivity contribution in [2.75, 3.05) is 6.61 Å². The van der Waals surface area contributed by atoms with Crippen molar-refractivity contribution >= 4 is 17.0 Å². The van der Waals surface area contributed by atoms with Crippen molar-refractivity contribution < 1.29 is 9.53 Å². The van der Waals surface area contributed by atoms with Gasteiger partial charge in [0.15, 0.2) is 0 Å². The second kappa shape index (κ2) is 6.07. The third-order valence-corrected chi connectivity index (χ3v) is 3.59. The monoisotopic (exact) mass is 274 g/mol. The number of nitrogens with zero attached hydrogens (tertiary/aromatic N) is 1. The molecule has 0 bridgehead atoms. The normalized spacial score (nSPS) is 12.6. The van der Waals surface area contributed by atoms with Gasteiger partial charge in [0.25, 0.3) is 0 Å². The molecule has 108 valence electrons. The highest BCUT2D eigenvalue weighted by molar-refractivity contribution is 5.81. The van der Waals surface area contributed by atoms with Crippen LogP contribution in [0.5, 0.6) is 0 Å². The summed E-state index contributed by atoms with van der Waals surface area (Å²) in [4.78, 5) is 19.9. The van der Waals surface area contributed by atoms with Gasteiger partial charge in [0.05, 0.1) is 17.6 Å². The van der Waals surface area contributed by atoms with Gasteiger partial charge >= 0.3 is 5.97 Å². The molecule has 4 heteroatoms. The number of aromatic amines is 1. The third kappa shape index (κ3) is 2.84. The number of ether oxygens (including phenoxy) is 1. The first kappa shape index (κ1) is 14.6. The van der Waals surface area contributed by atoms with E-state index < -0.39 is 0 Å². The maximum absolute atomic E-state index is 12.1. The van der Waals surface area contributed by atoms with Gasteiger partial charge in [-0.15, -0.1) is 0 Å². The molecule has 0 aliphatic rings. The van der Waals surface area contributed by atoms with Crippen LogP contribution in [0.3, 0.4) is 0 Å². The quantitative estimate of drug-likeness (QED) is 0.847. The lowest BCUT2D eigenvalue weighted by molar-refractivity contribution is -0.145. The van der Waals surface area contributed by atoms with E-state index in [1.165, 1.54) is 11.1 Å². The van der Waals surface area contributed by atoms with Crippen LogP contribution in [0, 0.1) is 13.8 Å². The first-order valence-corrected chi connectivity index (χ1v) is 7.20. The molecule has 2 rings (SSSR count). The number of nitrogens with one attached hydrogen (secondary N) is 1. The van der Waals surface area contributed by atoms with Crippen molar-refractivity contribution in [1.82, 2.24) is 9.97 Å². The second-order valence-corrected chi connectivity index (χ2v) is 5.17. The van der Waals surface area contributed by atoms with Crippen molar-refractivity contribution in [3.8, 4) is 0 Å². The highest BCUT2D eigenvalue weighted by atomic mass is 16.5. The Labute approximate surface area is 119 Å². The number of carbonyl (C=O) groups is 1. The number of carbonyl (C=O) groups excluding carboxylic acids is 1. The summed E-state index contributed by atoms with van der Waals surface area (Å²) >= 11 is 0. The number of esters is 1. The van der Waals surface area contributed by atoms with Crippen LogP contribution in [0.15, 0.2) is 12.1 Å². The number of imidazole rings is 1. The van der Waals surface area contributed by atoms with Crippen molar-refractivity contribution in [1.29, 1.82) is 0 Å². The number of rotatable bonds is 5. The van der Waals surface area contributed by atoms with E-state index in [4.69, 9.17) is 4.74 Å². The van der Waals surface area contributed by atoms with Gasteiger partial charge in [-0.1, -0.05) is 13.3 Å². The fourth-order valence-corrected chi connectivity index (χ4v) is 2.35. The molecule has 1 aromatic carbocycles. The Morgan fingerprint density at radius 2 is 2.00 bits per heavy atom. The Bertz CT molecular complexity index is 577. The lowest BCUT2D eigenvalue weighted by Gasteiger charge is -2.11. The van der Waals surface area contributed by atoms with Crippen molar-refractivity contribution in [2.45, 2.75) is 46.5 Å². The van der Waals surface area contributed by atoms with Crippen molar-refractivity contribution in [2.24, 2.45) is 0 Å². The molecular formula is C16H22N2O2. The predicted octanol–water partition coefficient (Wildman–Crippen LogP) is 3.63. The minimum Gasteiger partial charge on any atom is -0.465 e. The second-order valence-electron chi connectivity index (χ2n) is 5.17. The zero-order valence-electron chi connectivity index (χ0n) is 12.6. The number of H-pyrrole nitrogens is 1. The summed E-state index contributed by atoms with van der Waals surface area (Å²) in [6.45, 7) is 8.43. The summed E-state index contributed by atoms with van der Waals surface area (Å²) in [5.41, 5.74) is 4.32. The minimum atomic E-state index is -0.298. The summed E-state index contributed by atoms with van der Waals surface area (Å²) < 4.78 is 5.16. The molecule has 0 amide bonds. The molecule has 1 unspecified atom stereocenters. The molecular weight excluding hydrogens is 252 g/mol. The van der Waals surface area contributed by atoms with Crippen LogP contribution < -0.4 is 0 Å². The van der Waals surface area contributed by atoms with Gasteiger partial charge in [-0.2, -0.15) is 0 Å². The van der Waals surface area contributed by atoms with Crippen LogP contribution >= 0.6 is 0 Å². The first-order chi connectivity index (χ1) is 9.56. The molecule has 1 N–H and O–H groups in total. The number of aryl methyl sites for hydroxylation is 2. The average molecular weight is 274 g/mol. The summed E-state index contributed by atoms with van der Waals surface area (Å²) in [5, 5.41) is 0. The molecule has 1 aromatic heterocycles. The summed E-state index contributed by atoms with van der Waals surface area (Å²) in [7, 11) is 0. The summed E-state index contributed by atoms with van der Waals surface area (Å²) in [5.74, 6) is 0.222. The minimum absolute atomic E-state index is 0.193. The van der Waals surface area contributed by atoms with Gasteiger partial charge in [0, 0.05) is 0 Å². The number of hydrogen-bond acceptors (Lipinski definition) is 3. The molecule has 0 fully saturated rings. The number of aromatic nitrogens is 2. The van der Waals surface area contributed by atoms with Crippen LogP contribution in [0.25, 0.3) is 11.0 Å². The van der Waals surface area contributed by atoms with E-state index in [9.17, 15) is 4.79 Å². The smallest absolute Gasteiger partial charge is 0.316 e. The topological polar surface area (TPSA) is 55.0 Å². The number of hydrogen-bond donors (Lipinski definition) is 1. The first-order valence-electron chi connectivity index (χ1n) is 7.20. The predicted molar refractivity (Wildman–Crippen MR) is 79.8 cm³/mol. The van der Waals surface area contributed by atoms with E-state index in [-0.39, 0.29) is 11.9 Å². The average Bonchev–Trinajstić information content (AvgIpc) is 2.79. The molecule has 2 aromatic rings. The lowest BCUT2D eigenvalue weighted by atomic mass is 10.0. The summed E-state index contributed by atoms with van der Waals surface area (Å²) in [6.07, 6.45) is 1.66. The van der Waals surface area contributed by atoms with E-state index in [1.54, 1.807) is 0 Å². The van der Waals surface area contributed by atoms with E-state index in [0.717, 1.165) is 23.9 Å². The number of fused-ring (bicyclic) bond motifs is 1. The Kier molecular flexibility index (Phi) is 4.42. The maximum atomic E-state index is 12.1. The zero-order valence-corrected chi connectivity index (χ0v) is 12.6. The Balaban J connectivity index is 2.40. The van der Waals surface area contributed by atoms with Crippen LogP contribution in [0.2, 0.25) is 0 Å². The summed E-state index contributed by atoms with van der Waals surface area (Å²) in [6, 6.07) is 4.13. The van der Waals surface area contributed by atoms with Crippen LogP contribution in [0.4, 0.5) is 0 Å². The molecule has 0 saturated carbocycles. The highest BCUT2D eigenvalue weighted by Crippen LogP contribution is 2.25. The fraction of sp³-hybridized carbons (Fsp3) is 0.500. The van der Waals surface area contributed by atoms with Crippen LogP contribution in [-0.2, 0) is 9.53 Å². The van der Waals surface area contributed by atoms with Gasteiger partial charge < -0.3 is 9.72 Å². The van der Waals surface area contributed by atoms with E-state index >= 15 is 0 Å². The van der Waals surface area contributed by atoms with Crippen molar-refractivity contribution in [3.63, 3.8) is 0 Å². The highest BCUT2D eigenvalue weighted by Gasteiger charge is 2.24. The van der Waals surface area contributed by atoms with E-state index in [2.05, 4.69) is 42.9 Å².